The van der Waals surface area contributed by atoms with Crippen molar-refractivity contribution in [2.24, 2.45) is 5.92 Å². The highest BCUT2D eigenvalue weighted by Crippen LogP contribution is 2.42. The fourth-order valence-corrected chi connectivity index (χ4v) is 4.81. The van der Waals surface area contributed by atoms with Gasteiger partial charge in [-0.15, -0.1) is 0 Å². The third kappa shape index (κ3) is 3.91. The second-order valence-corrected chi connectivity index (χ2v) is 7.91. The van der Waals surface area contributed by atoms with Crippen LogP contribution in [0.4, 0.5) is 8.78 Å². The summed E-state index contributed by atoms with van der Waals surface area (Å²) in [6.45, 7) is 0. The molecular formula is C23H25F2NO3. The van der Waals surface area contributed by atoms with Gasteiger partial charge in [-0.05, 0) is 61.7 Å². The standard InChI is InChI=1S/C23H25F2NO3/c1-26-18-11-12-19(26)21(23(27)28-2)20(13-18)29-22(14-3-7-16(24)8-4-14)15-5-9-17(25)10-6-15/h3-10,18-22H,11-13H2,1-2H3/t18-,19+,20+,21?/m0/s1. The first-order valence-electron chi connectivity index (χ1n) is 9.94. The average Bonchev–Trinajstić information content (AvgIpc) is 2.96. The van der Waals surface area contributed by atoms with E-state index in [1.807, 2.05) is 7.05 Å². The molecule has 4 atom stereocenters. The molecule has 0 amide bonds. The molecule has 2 aliphatic rings. The molecule has 1 unspecified atom stereocenters. The second-order valence-electron chi connectivity index (χ2n) is 7.91. The van der Waals surface area contributed by atoms with Crippen LogP contribution in [-0.2, 0) is 14.3 Å². The number of esters is 1. The van der Waals surface area contributed by atoms with Crippen LogP contribution in [0.2, 0.25) is 0 Å². The van der Waals surface area contributed by atoms with E-state index in [0.717, 1.165) is 24.0 Å². The molecule has 29 heavy (non-hydrogen) atoms. The van der Waals surface area contributed by atoms with Gasteiger partial charge in [0.1, 0.15) is 17.7 Å². The lowest BCUT2D eigenvalue weighted by Gasteiger charge is -2.42. The predicted octanol–water partition coefficient (Wildman–Crippen LogP) is 4.10. The van der Waals surface area contributed by atoms with E-state index in [0.29, 0.717) is 12.5 Å². The number of rotatable bonds is 5. The number of fused-ring (bicyclic) bond motifs is 2. The van der Waals surface area contributed by atoms with Crippen LogP contribution in [0.1, 0.15) is 36.5 Å². The maximum atomic E-state index is 13.5. The van der Waals surface area contributed by atoms with Crippen molar-refractivity contribution in [2.45, 2.75) is 43.6 Å². The fourth-order valence-electron chi connectivity index (χ4n) is 4.81. The number of ether oxygens (including phenoxy) is 2. The van der Waals surface area contributed by atoms with Crippen molar-refractivity contribution in [2.75, 3.05) is 14.2 Å². The average molecular weight is 401 g/mol. The lowest BCUT2D eigenvalue weighted by molar-refractivity contribution is -0.162. The summed E-state index contributed by atoms with van der Waals surface area (Å²) in [4.78, 5) is 14.9. The Bertz CT molecular complexity index is 810. The third-order valence-corrected chi connectivity index (χ3v) is 6.34. The van der Waals surface area contributed by atoms with Crippen molar-refractivity contribution in [3.8, 4) is 0 Å². The third-order valence-electron chi connectivity index (χ3n) is 6.34. The molecule has 2 aromatic carbocycles. The summed E-state index contributed by atoms with van der Waals surface area (Å²) >= 11 is 0. The van der Waals surface area contributed by atoms with Crippen molar-refractivity contribution in [1.29, 1.82) is 0 Å². The van der Waals surface area contributed by atoms with E-state index in [1.165, 1.54) is 31.4 Å². The molecule has 4 nitrogen and oxygen atoms in total. The number of hydrogen-bond acceptors (Lipinski definition) is 4. The van der Waals surface area contributed by atoms with Gasteiger partial charge in [0.2, 0.25) is 0 Å². The highest BCUT2D eigenvalue weighted by molar-refractivity contribution is 5.74. The molecular weight excluding hydrogens is 376 g/mol. The Labute approximate surface area is 169 Å². The van der Waals surface area contributed by atoms with Gasteiger partial charge in [-0.3, -0.25) is 9.69 Å². The summed E-state index contributed by atoms with van der Waals surface area (Å²) in [5.41, 5.74) is 1.51. The lowest BCUT2D eigenvalue weighted by atomic mass is 9.87. The van der Waals surface area contributed by atoms with E-state index in [4.69, 9.17) is 9.47 Å². The van der Waals surface area contributed by atoms with Gasteiger partial charge in [-0.2, -0.15) is 0 Å². The quantitative estimate of drug-likeness (QED) is 0.708. The SMILES string of the molecule is COC(=O)C1[C@H]2CC[C@@H](C[C@H]1OC(c1ccc(F)cc1)c1ccc(F)cc1)N2C. The van der Waals surface area contributed by atoms with Crippen LogP contribution in [0.3, 0.4) is 0 Å². The highest BCUT2D eigenvalue weighted by Gasteiger charge is 2.50. The van der Waals surface area contributed by atoms with Crippen molar-refractivity contribution in [3.05, 3.63) is 71.3 Å². The Morgan fingerprint density at radius 2 is 1.55 bits per heavy atom. The van der Waals surface area contributed by atoms with Gasteiger partial charge in [0, 0.05) is 12.1 Å². The van der Waals surface area contributed by atoms with Gasteiger partial charge in [0.05, 0.1) is 19.1 Å². The first kappa shape index (κ1) is 20.0. The predicted molar refractivity (Wildman–Crippen MR) is 104 cm³/mol. The Morgan fingerprint density at radius 1 is 1.00 bits per heavy atom. The molecule has 0 saturated carbocycles. The fraction of sp³-hybridized carbons (Fsp3) is 0.435. The Morgan fingerprint density at radius 3 is 2.07 bits per heavy atom. The number of methoxy groups -OCH3 is 1. The molecule has 2 heterocycles. The molecule has 0 radical (unpaired) electrons. The summed E-state index contributed by atoms with van der Waals surface area (Å²) in [6.07, 6.45) is 1.80. The largest absolute Gasteiger partial charge is 0.469 e. The highest BCUT2D eigenvalue weighted by atomic mass is 19.1. The van der Waals surface area contributed by atoms with E-state index in [9.17, 15) is 13.6 Å². The minimum atomic E-state index is -0.531. The first-order valence-corrected chi connectivity index (χ1v) is 9.94. The molecule has 0 spiro atoms. The maximum absolute atomic E-state index is 13.5. The van der Waals surface area contributed by atoms with Crippen LogP contribution in [0.5, 0.6) is 0 Å². The van der Waals surface area contributed by atoms with Crippen molar-refractivity contribution in [1.82, 2.24) is 4.90 Å². The normalized spacial score (nSPS) is 26.7. The number of carbonyl (C=O) groups excluding carboxylic acids is 1. The molecule has 0 aromatic heterocycles. The number of carbonyl (C=O) groups is 1. The molecule has 0 N–H and O–H groups in total. The molecule has 4 rings (SSSR count). The smallest absolute Gasteiger partial charge is 0.312 e. The summed E-state index contributed by atoms with van der Waals surface area (Å²) < 4.78 is 38.6. The molecule has 2 aliphatic heterocycles. The van der Waals surface area contributed by atoms with E-state index >= 15 is 0 Å². The molecule has 6 heteroatoms. The van der Waals surface area contributed by atoms with Crippen LogP contribution >= 0.6 is 0 Å². The number of benzene rings is 2. The zero-order valence-electron chi connectivity index (χ0n) is 16.6. The molecule has 154 valence electrons. The van der Waals surface area contributed by atoms with E-state index < -0.39 is 12.0 Å². The Hall–Kier alpha value is -2.31. The molecule has 2 fully saturated rings. The monoisotopic (exact) mass is 401 g/mol. The molecule has 2 aromatic rings. The minimum Gasteiger partial charge on any atom is -0.469 e. The van der Waals surface area contributed by atoms with Gasteiger partial charge >= 0.3 is 5.97 Å². The van der Waals surface area contributed by atoms with Crippen LogP contribution in [0, 0.1) is 17.6 Å². The summed E-state index contributed by atoms with van der Waals surface area (Å²) in [5, 5.41) is 0. The number of halogens is 2. The van der Waals surface area contributed by atoms with Crippen molar-refractivity contribution in [3.63, 3.8) is 0 Å². The number of hydrogen-bond donors (Lipinski definition) is 0. The van der Waals surface area contributed by atoms with Crippen LogP contribution < -0.4 is 0 Å². The van der Waals surface area contributed by atoms with Gasteiger partial charge in [-0.1, -0.05) is 24.3 Å². The summed E-state index contributed by atoms with van der Waals surface area (Å²) in [5.74, 6) is -1.34. The van der Waals surface area contributed by atoms with Gasteiger partial charge in [-0.25, -0.2) is 8.78 Å². The van der Waals surface area contributed by atoms with Crippen molar-refractivity contribution < 1.29 is 23.0 Å². The van der Waals surface area contributed by atoms with Gasteiger partial charge < -0.3 is 9.47 Å². The molecule has 2 bridgehead atoms. The van der Waals surface area contributed by atoms with E-state index in [-0.39, 0.29) is 29.7 Å². The zero-order chi connectivity index (χ0) is 20.5. The van der Waals surface area contributed by atoms with Crippen LogP contribution in [-0.4, -0.2) is 43.2 Å². The Balaban J connectivity index is 1.68. The topological polar surface area (TPSA) is 38.8 Å². The minimum absolute atomic E-state index is 0.0771. The van der Waals surface area contributed by atoms with Crippen molar-refractivity contribution >= 4 is 5.97 Å². The van der Waals surface area contributed by atoms with E-state index in [2.05, 4.69) is 4.90 Å². The first-order chi connectivity index (χ1) is 14.0. The van der Waals surface area contributed by atoms with Gasteiger partial charge in [0.25, 0.3) is 0 Å². The molecule has 0 aliphatic carbocycles. The second kappa shape index (κ2) is 8.20. The number of piperidine rings is 1. The van der Waals surface area contributed by atoms with Crippen LogP contribution in [0.25, 0.3) is 0 Å². The van der Waals surface area contributed by atoms with E-state index in [1.54, 1.807) is 24.3 Å². The zero-order valence-corrected chi connectivity index (χ0v) is 16.6. The van der Waals surface area contributed by atoms with Crippen LogP contribution in [0.15, 0.2) is 48.5 Å². The molecule has 2 saturated heterocycles. The lowest BCUT2D eigenvalue weighted by Crippen LogP contribution is -2.53. The Kier molecular flexibility index (Phi) is 5.65. The number of nitrogens with zero attached hydrogens (tertiary/aromatic N) is 1. The summed E-state index contributed by atoms with van der Waals surface area (Å²) in [7, 11) is 3.45. The maximum Gasteiger partial charge on any atom is 0.312 e. The summed E-state index contributed by atoms with van der Waals surface area (Å²) in [6, 6.07) is 12.6. The van der Waals surface area contributed by atoms with Gasteiger partial charge in [0.15, 0.2) is 0 Å².